The molecule has 0 aliphatic heterocycles. The largest absolute Gasteiger partial charge is 0.385 e. The fourth-order valence-corrected chi connectivity index (χ4v) is 2.38. The number of ether oxygens (including phenoxy) is 1. The van der Waals surface area contributed by atoms with Crippen molar-refractivity contribution in [2.45, 2.75) is 52.4 Å². The molecule has 0 atom stereocenters. The van der Waals surface area contributed by atoms with Crippen molar-refractivity contribution >= 4 is 0 Å². The molecule has 0 aromatic carbocycles. The monoisotopic (exact) mass is 209 g/mol. The SMILES string of the molecule is COCCCC1(C#N)CCC(C)(C)CC1. The average Bonchev–Trinajstić information content (AvgIpc) is 2.22. The average molecular weight is 209 g/mol. The lowest BCUT2D eigenvalue weighted by Gasteiger charge is -2.39. The van der Waals surface area contributed by atoms with Crippen LogP contribution in [0.3, 0.4) is 0 Å². The third-order valence-electron chi connectivity index (χ3n) is 3.80. The molecule has 0 N–H and O–H groups in total. The molecule has 2 heteroatoms. The molecule has 0 radical (unpaired) electrons. The van der Waals surface area contributed by atoms with E-state index in [2.05, 4.69) is 19.9 Å². The smallest absolute Gasteiger partial charge is 0.0689 e. The van der Waals surface area contributed by atoms with Gasteiger partial charge in [-0.2, -0.15) is 5.26 Å². The first-order valence-corrected chi connectivity index (χ1v) is 5.94. The summed E-state index contributed by atoms with van der Waals surface area (Å²) in [4.78, 5) is 0. The van der Waals surface area contributed by atoms with Gasteiger partial charge in [-0.3, -0.25) is 0 Å². The van der Waals surface area contributed by atoms with Crippen LogP contribution in [0.15, 0.2) is 0 Å². The Kier molecular flexibility index (Phi) is 4.16. The van der Waals surface area contributed by atoms with Gasteiger partial charge in [-0.1, -0.05) is 13.8 Å². The first-order chi connectivity index (χ1) is 7.04. The van der Waals surface area contributed by atoms with Crippen LogP contribution in [0.1, 0.15) is 52.4 Å². The molecule has 86 valence electrons. The molecule has 0 aromatic rings. The zero-order chi connectivity index (χ0) is 11.4. The van der Waals surface area contributed by atoms with Gasteiger partial charge in [0.2, 0.25) is 0 Å². The Morgan fingerprint density at radius 2 is 1.80 bits per heavy atom. The fourth-order valence-electron chi connectivity index (χ4n) is 2.38. The van der Waals surface area contributed by atoms with Gasteiger partial charge in [-0.15, -0.1) is 0 Å². The second kappa shape index (κ2) is 4.99. The van der Waals surface area contributed by atoms with Crippen LogP contribution in [0.4, 0.5) is 0 Å². The van der Waals surface area contributed by atoms with Crippen molar-refractivity contribution in [1.29, 1.82) is 5.26 Å². The second-order valence-corrected chi connectivity index (χ2v) is 5.65. The molecule has 1 rings (SSSR count). The van der Waals surface area contributed by atoms with Gasteiger partial charge >= 0.3 is 0 Å². The molecule has 1 fully saturated rings. The topological polar surface area (TPSA) is 33.0 Å². The summed E-state index contributed by atoms with van der Waals surface area (Å²) in [6.07, 6.45) is 6.54. The minimum Gasteiger partial charge on any atom is -0.385 e. The highest BCUT2D eigenvalue weighted by Gasteiger charge is 2.37. The summed E-state index contributed by atoms with van der Waals surface area (Å²) in [6, 6.07) is 2.56. The van der Waals surface area contributed by atoms with Crippen LogP contribution < -0.4 is 0 Å². The lowest BCUT2D eigenvalue weighted by atomic mass is 9.64. The summed E-state index contributed by atoms with van der Waals surface area (Å²) >= 11 is 0. The molecule has 1 aliphatic carbocycles. The summed E-state index contributed by atoms with van der Waals surface area (Å²) in [5.41, 5.74) is 0.398. The van der Waals surface area contributed by atoms with Crippen LogP contribution in [-0.2, 0) is 4.74 Å². The molecule has 0 aromatic heterocycles. The number of hydrogen-bond donors (Lipinski definition) is 0. The van der Waals surface area contributed by atoms with E-state index in [0.29, 0.717) is 5.41 Å². The van der Waals surface area contributed by atoms with Crippen LogP contribution in [0.5, 0.6) is 0 Å². The van der Waals surface area contributed by atoms with Crippen molar-refractivity contribution in [1.82, 2.24) is 0 Å². The van der Waals surface area contributed by atoms with E-state index in [1.165, 1.54) is 12.8 Å². The molecular formula is C13H23NO. The first-order valence-electron chi connectivity index (χ1n) is 5.94. The zero-order valence-electron chi connectivity index (χ0n) is 10.3. The normalized spacial score (nSPS) is 23.3. The van der Waals surface area contributed by atoms with E-state index in [0.717, 1.165) is 32.3 Å². The number of methoxy groups -OCH3 is 1. The summed E-state index contributed by atoms with van der Waals surface area (Å²) < 4.78 is 5.05. The molecule has 0 bridgehead atoms. The Labute approximate surface area is 93.6 Å². The summed E-state index contributed by atoms with van der Waals surface area (Å²) in [5, 5.41) is 9.32. The Hall–Kier alpha value is -0.550. The summed E-state index contributed by atoms with van der Waals surface area (Å²) in [5.74, 6) is 0. The van der Waals surface area contributed by atoms with Crippen molar-refractivity contribution in [2.24, 2.45) is 10.8 Å². The molecular weight excluding hydrogens is 186 g/mol. The van der Waals surface area contributed by atoms with E-state index < -0.39 is 0 Å². The molecule has 0 saturated heterocycles. The van der Waals surface area contributed by atoms with Crippen LogP contribution in [0.2, 0.25) is 0 Å². The van der Waals surface area contributed by atoms with E-state index in [1.807, 2.05) is 0 Å². The van der Waals surface area contributed by atoms with Gasteiger partial charge in [0.05, 0.1) is 11.5 Å². The minimum atomic E-state index is -0.0476. The summed E-state index contributed by atoms with van der Waals surface area (Å²) in [7, 11) is 1.73. The molecule has 1 aliphatic rings. The minimum absolute atomic E-state index is 0.0476. The van der Waals surface area contributed by atoms with E-state index in [4.69, 9.17) is 4.74 Å². The first kappa shape index (κ1) is 12.5. The van der Waals surface area contributed by atoms with Crippen molar-refractivity contribution in [2.75, 3.05) is 13.7 Å². The number of nitrogens with zero attached hydrogens (tertiary/aromatic N) is 1. The second-order valence-electron chi connectivity index (χ2n) is 5.65. The maximum atomic E-state index is 9.32. The molecule has 2 nitrogen and oxygen atoms in total. The summed E-state index contributed by atoms with van der Waals surface area (Å²) in [6.45, 7) is 5.40. The Balaban J connectivity index is 2.46. The number of rotatable bonds is 4. The zero-order valence-corrected chi connectivity index (χ0v) is 10.3. The quantitative estimate of drug-likeness (QED) is 0.664. The van der Waals surface area contributed by atoms with Gasteiger partial charge in [0, 0.05) is 13.7 Å². The maximum absolute atomic E-state index is 9.32. The Morgan fingerprint density at radius 1 is 1.20 bits per heavy atom. The lowest BCUT2D eigenvalue weighted by Crippen LogP contribution is -2.30. The molecule has 0 spiro atoms. The highest BCUT2D eigenvalue weighted by atomic mass is 16.5. The van der Waals surface area contributed by atoms with E-state index in [1.54, 1.807) is 7.11 Å². The van der Waals surface area contributed by atoms with Crippen molar-refractivity contribution in [3.63, 3.8) is 0 Å². The van der Waals surface area contributed by atoms with Gasteiger partial charge < -0.3 is 4.74 Å². The predicted molar refractivity (Wildman–Crippen MR) is 61.4 cm³/mol. The van der Waals surface area contributed by atoms with E-state index in [9.17, 15) is 5.26 Å². The molecule has 15 heavy (non-hydrogen) atoms. The van der Waals surface area contributed by atoms with Gasteiger partial charge in [-0.05, 0) is 43.9 Å². The van der Waals surface area contributed by atoms with Gasteiger partial charge in [0.15, 0.2) is 0 Å². The molecule has 1 saturated carbocycles. The van der Waals surface area contributed by atoms with Crippen molar-refractivity contribution in [3.05, 3.63) is 0 Å². The molecule has 0 heterocycles. The maximum Gasteiger partial charge on any atom is 0.0689 e. The third kappa shape index (κ3) is 3.50. The van der Waals surface area contributed by atoms with Crippen LogP contribution in [0.25, 0.3) is 0 Å². The number of hydrogen-bond acceptors (Lipinski definition) is 2. The van der Waals surface area contributed by atoms with Crippen LogP contribution in [-0.4, -0.2) is 13.7 Å². The predicted octanol–water partition coefficient (Wildman–Crippen LogP) is 3.52. The fraction of sp³-hybridized carbons (Fsp3) is 0.923. The van der Waals surface area contributed by atoms with E-state index in [-0.39, 0.29) is 5.41 Å². The molecule has 0 unspecified atom stereocenters. The van der Waals surface area contributed by atoms with E-state index >= 15 is 0 Å². The van der Waals surface area contributed by atoms with Crippen LogP contribution >= 0.6 is 0 Å². The van der Waals surface area contributed by atoms with Crippen LogP contribution in [0, 0.1) is 22.2 Å². The lowest BCUT2D eigenvalue weighted by molar-refractivity contribution is 0.120. The van der Waals surface area contributed by atoms with Gasteiger partial charge in [-0.25, -0.2) is 0 Å². The third-order valence-corrected chi connectivity index (χ3v) is 3.80. The van der Waals surface area contributed by atoms with Crippen molar-refractivity contribution < 1.29 is 4.74 Å². The van der Waals surface area contributed by atoms with Crippen molar-refractivity contribution in [3.8, 4) is 6.07 Å². The Bertz CT molecular complexity index is 229. The van der Waals surface area contributed by atoms with Gasteiger partial charge in [0.1, 0.15) is 0 Å². The highest BCUT2D eigenvalue weighted by Crippen LogP contribution is 2.46. The number of nitriles is 1. The standard InChI is InChI=1S/C13H23NO/c1-12(2)6-8-13(11-14,9-7-12)5-4-10-15-3/h4-10H2,1-3H3. The van der Waals surface area contributed by atoms with Gasteiger partial charge in [0.25, 0.3) is 0 Å². The highest BCUT2D eigenvalue weighted by molar-refractivity contribution is 5.02. The molecule has 0 amide bonds. The Morgan fingerprint density at radius 3 is 2.27 bits per heavy atom.